The minimum Gasteiger partial charge on any atom is -0.339 e. The lowest BCUT2D eigenvalue weighted by Gasteiger charge is -2.19. The van der Waals surface area contributed by atoms with Crippen molar-refractivity contribution < 1.29 is 0 Å². The van der Waals surface area contributed by atoms with E-state index in [1.54, 1.807) is 18.5 Å². The average molecular weight is 221 g/mol. The van der Waals surface area contributed by atoms with Crippen molar-refractivity contribution in [3.63, 3.8) is 0 Å². The molecule has 0 saturated heterocycles. The molecule has 17 heavy (non-hydrogen) atoms. The van der Waals surface area contributed by atoms with E-state index in [-0.39, 0.29) is 0 Å². The topological polar surface area (TPSA) is 39.9 Å². The number of anilines is 2. The van der Waals surface area contributed by atoms with Gasteiger partial charge in [0.15, 0.2) is 0 Å². The zero-order valence-electron chi connectivity index (χ0n) is 9.30. The summed E-state index contributed by atoms with van der Waals surface area (Å²) in [6, 6.07) is 12.3. The Bertz CT molecular complexity index is 598. The van der Waals surface area contributed by atoms with E-state index in [4.69, 9.17) is 5.26 Å². The molecule has 0 unspecified atom stereocenters. The lowest BCUT2D eigenvalue weighted by atomic mass is 10.1. The van der Waals surface area contributed by atoms with Gasteiger partial charge in [0.1, 0.15) is 6.07 Å². The van der Waals surface area contributed by atoms with Crippen LogP contribution in [0.25, 0.3) is 0 Å². The van der Waals surface area contributed by atoms with Crippen LogP contribution in [0, 0.1) is 11.3 Å². The highest BCUT2D eigenvalue weighted by Crippen LogP contribution is 2.35. The molecule has 2 aromatic rings. The minimum absolute atomic E-state index is 0.678. The van der Waals surface area contributed by atoms with Gasteiger partial charge in [-0.05, 0) is 24.1 Å². The van der Waals surface area contributed by atoms with Gasteiger partial charge in [-0.25, -0.2) is 0 Å². The van der Waals surface area contributed by atoms with Gasteiger partial charge in [-0.3, -0.25) is 4.98 Å². The molecule has 0 aliphatic carbocycles. The molecule has 1 aromatic heterocycles. The van der Waals surface area contributed by atoms with Crippen molar-refractivity contribution in [1.82, 2.24) is 4.98 Å². The van der Waals surface area contributed by atoms with Crippen LogP contribution in [0.4, 0.5) is 11.4 Å². The number of benzene rings is 1. The molecule has 1 aliphatic rings. The molecule has 0 bridgehead atoms. The normalized spacial score (nSPS) is 13.2. The molecule has 3 nitrogen and oxygen atoms in total. The van der Waals surface area contributed by atoms with E-state index in [1.807, 2.05) is 6.07 Å². The zero-order chi connectivity index (χ0) is 11.7. The Morgan fingerprint density at radius 1 is 1.18 bits per heavy atom. The SMILES string of the molecule is N#Cc1ccncc1N1CCc2ccccc21. The second kappa shape index (κ2) is 3.91. The van der Waals surface area contributed by atoms with Gasteiger partial charge in [0.25, 0.3) is 0 Å². The highest BCUT2D eigenvalue weighted by Gasteiger charge is 2.21. The smallest absolute Gasteiger partial charge is 0.101 e. The first-order valence-electron chi connectivity index (χ1n) is 5.60. The Morgan fingerprint density at radius 3 is 2.94 bits per heavy atom. The molecule has 0 N–H and O–H groups in total. The summed E-state index contributed by atoms with van der Waals surface area (Å²) in [6.45, 7) is 0.916. The molecule has 0 spiro atoms. The maximum absolute atomic E-state index is 9.12. The van der Waals surface area contributed by atoms with E-state index in [2.05, 4.69) is 34.2 Å². The number of para-hydroxylation sites is 1. The molecule has 82 valence electrons. The van der Waals surface area contributed by atoms with Gasteiger partial charge in [-0.2, -0.15) is 5.26 Å². The van der Waals surface area contributed by atoms with Crippen LogP contribution in [-0.4, -0.2) is 11.5 Å². The highest BCUT2D eigenvalue weighted by atomic mass is 15.2. The standard InChI is InChI=1S/C14H11N3/c15-9-12-5-7-16-10-14(12)17-8-6-11-3-1-2-4-13(11)17/h1-5,7,10H,6,8H2. The number of fused-ring (bicyclic) bond motifs is 1. The van der Waals surface area contributed by atoms with Crippen LogP contribution in [0.2, 0.25) is 0 Å². The molecule has 1 aromatic carbocycles. The Kier molecular flexibility index (Phi) is 2.27. The van der Waals surface area contributed by atoms with Crippen LogP contribution in [0.15, 0.2) is 42.7 Å². The fourth-order valence-electron chi connectivity index (χ4n) is 2.28. The number of nitriles is 1. The Balaban J connectivity index is 2.11. The van der Waals surface area contributed by atoms with Crippen molar-refractivity contribution in [2.45, 2.75) is 6.42 Å². The van der Waals surface area contributed by atoms with Gasteiger partial charge in [0, 0.05) is 18.4 Å². The predicted molar refractivity (Wildman–Crippen MR) is 66.1 cm³/mol. The number of pyridine rings is 1. The summed E-state index contributed by atoms with van der Waals surface area (Å²) >= 11 is 0. The van der Waals surface area contributed by atoms with Gasteiger partial charge >= 0.3 is 0 Å². The first kappa shape index (κ1) is 9.86. The first-order chi connectivity index (χ1) is 8.40. The second-order valence-corrected chi connectivity index (χ2v) is 4.03. The van der Waals surface area contributed by atoms with E-state index < -0.39 is 0 Å². The first-order valence-corrected chi connectivity index (χ1v) is 5.60. The predicted octanol–water partition coefficient (Wildman–Crippen LogP) is 2.65. The molecule has 0 fully saturated rings. The van der Waals surface area contributed by atoms with Crippen molar-refractivity contribution in [3.05, 3.63) is 53.9 Å². The van der Waals surface area contributed by atoms with E-state index in [0.717, 1.165) is 18.7 Å². The van der Waals surface area contributed by atoms with Crippen molar-refractivity contribution >= 4 is 11.4 Å². The Morgan fingerprint density at radius 2 is 2.06 bits per heavy atom. The van der Waals surface area contributed by atoms with Crippen molar-refractivity contribution in [2.75, 3.05) is 11.4 Å². The molecule has 0 amide bonds. The summed E-state index contributed by atoms with van der Waals surface area (Å²) in [5.41, 5.74) is 4.11. The van der Waals surface area contributed by atoms with Crippen molar-refractivity contribution in [2.24, 2.45) is 0 Å². The Labute approximate surface area is 99.9 Å². The van der Waals surface area contributed by atoms with Gasteiger partial charge in [-0.1, -0.05) is 18.2 Å². The summed E-state index contributed by atoms with van der Waals surface area (Å²) in [6.07, 6.45) is 4.45. The summed E-state index contributed by atoms with van der Waals surface area (Å²) in [7, 11) is 0. The quantitative estimate of drug-likeness (QED) is 0.743. The van der Waals surface area contributed by atoms with Crippen LogP contribution >= 0.6 is 0 Å². The summed E-state index contributed by atoms with van der Waals surface area (Å²) < 4.78 is 0. The number of hydrogen-bond acceptors (Lipinski definition) is 3. The second-order valence-electron chi connectivity index (χ2n) is 4.03. The van der Waals surface area contributed by atoms with Gasteiger partial charge in [0.05, 0.1) is 17.4 Å². The number of aromatic nitrogens is 1. The third-order valence-corrected chi connectivity index (χ3v) is 3.10. The highest BCUT2D eigenvalue weighted by molar-refractivity contribution is 5.73. The molecule has 1 aliphatic heterocycles. The largest absolute Gasteiger partial charge is 0.339 e. The molecular formula is C14H11N3. The van der Waals surface area contributed by atoms with Crippen molar-refractivity contribution in [1.29, 1.82) is 5.26 Å². The average Bonchev–Trinajstić information content (AvgIpc) is 2.82. The molecule has 3 rings (SSSR count). The maximum Gasteiger partial charge on any atom is 0.101 e. The van der Waals surface area contributed by atoms with E-state index in [1.165, 1.54) is 11.3 Å². The van der Waals surface area contributed by atoms with Crippen LogP contribution in [0.5, 0.6) is 0 Å². The fraction of sp³-hybridized carbons (Fsp3) is 0.143. The molecule has 0 radical (unpaired) electrons. The zero-order valence-corrected chi connectivity index (χ0v) is 9.30. The van der Waals surface area contributed by atoms with Crippen LogP contribution < -0.4 is 4.90 Å². The molecule has 2 heterocycles. The molecule has 3 heteroatoms. The lowest BCUT2D eigenvalue weighted by Crippen LogP contribution is -2.14. The Hall–Kier alpha value is -2.34. The summed E-state index contributed by atoms with van der Waals surface area (Å²) in [5, 5.41) is 9.12. The number of rotatable bonds is 1. The molecular weight excluding hydrogens is 210 g/mol. The van der Waals surface area contributed by atoms with Gasteiger partial charge in [0.2, 0.25) is 0 Å². The maximum atomic E-state index is 9.12. The summed E-state index contributed by atoms with van der Waals surface area (Å²) in [5.74, 6) is 0. The third kappa shape index (κ3) is 1.55. The minimum atomic E-state index is 0.678. The fourth-order valence-corrected chi connectivity index (χ4v) is 2.28. The van der Waals surface area contributed by atoms with Crippen LogP contribution in [-0.2, 0) is 6.42 Å². The van der Waals surface area contributed by atoms with E-state index >= 15 is 0 Å². The third-order valence-electron chi connectivity index (χ3n) is 3.10. The van der Waals surface area contributed by atoms with Crippen LogP contribution in [0.3, 0.4) is 0 Å². The van der Waals surface area contributed by atoms with E-state index in [9.17, 15) is 0 Å². The summed E-state index contributed by atoms with van der Waals surface area (Å²) in [4.78, 5) is 6.29. The monoisotopic (exact) mass is 221 g/mol. The number of hydrogen-bond donors (Lipinski definition) is 0. The molecule has 0 saturated carbocycles. The number of nitrogens with zero attached hydrogens (tertiary/aromatic N) is 3. The molecule has 0 atom stereocenters. The van der Waals surface area contributed by atoms with E-state index in [0.29, 0.717) is 5.56 Å². The van der Waals surface area contributed by atoms with Gasteiger partial charge < -0.3 is 4.90 Å². The van der Waals surface area contributed by atoms with Gasteiger partial charge in [-0.15, -0.1) is 0 Å². The van der Waals surface area contributed by atoms with Crippen LogP contribution in [0.1, 0.15) is 11.1 Å². The lowest BCUT2D eigenvalue weighted by molar-refractivity contribution is 0.990. The van der Waals surface area contributed by atoms with Crippen molar-refractivity contribution in [3.8, 4) is 6.07 Å².